The van der Waals surface area contributed by atoms with Crippen molar-refractivity contribution in [3.8, 4) is 0 Å². The van der Waals surface area contributed by atoms with Crippen LogP contribution in [0.2, 0.25) is 0 Å². The van der Waals surface area contributed by atoms with Gasteiger partial charge < -0.3 is 15.8 Å². The molecule has 6 nitrogen and oxygen atoms in total. The van der Waals surface area contributed by atoms with Crippen LogP contribution in [0.4, 0.5) is 0 Å². The third-order valence-electron chi connectivity index (χ3n) is 8.44. The Morgan fingerprint density at radius 2 is 1.87 bits per heavy atom. The van der Waals surface area contributed by atoms with E-state index in [1.165, 1.54) is 11.1 Å². The monoisotopic (exact) mass is 425 g/mol. The van der Waals surface area contributed by atoms with Crippen LogP contribution in [-0.2, 0) is 27.3 Å². The number of nitrogens with one attached hydrogen (secondary N) is 1. The Labute approximate surface area is 184 Å². The first-order valence-corrected chi connectivity index (χ1v) is 12.0. The molecule has 4 bridgehead atoms. The van der Waals surface area contributed by atoms with E-state index in [-0.39, 0.29) is 23.3 Å². The highest BCUT2D eigenvalue weighted by Gasteiger charge is 2.58. The molecule has 1 heterocycles. The summed E-state index contributed by atoms with van der Waals surface area (Å²) in [7, 11) is 0. The third-order valence-corrected chi connectivity index (χ3v) is 8.44. The number of nitrogens with two attached hydrogens (primary N) is 1. The van der Waals surface area contributed by atoms with Crippen molar-refractivity contribution in [3.05, 3.63) is 35.4 Å². The number of nitrogens with zero attached hydrogens (tertiary/aromatic N) is 1. The van der Waals surface area contributed by atoms with Crippen LogP contribution in [0.1, 0.15) is 50.2 Å². The lowest BCUT2D eigenvalue weighted by atomic mass is 9.47. The number of rotatable bonds is 6. The molecule has 2 amide bonds. The number of carbonyl (C=O) groups is 2. The van der Waals surface area contributed by atoms with Crippen molar-refractivity contribution < 1.29 is 14.3 Å². The summed E-state index contributed by atoms with van der Waals surface area (Å²) in [4.78, 5) is 27.7. The first-order valence-electron chi connectivity index (χ1n) is 12.0. The highest BCUT2D eigenvalue weighted by Crippen LogP contribution is 2.59. The van der Waals surface area contributed by atoms with Crippen LogP contribution in [-0.4, -0.2) is 48.6 Å². The number of amides is 2. The summed E-state index contributed by atoms with van der Waals surface area (Å²) in [6.45, 7) is 5.09. The smallest absolute Gasteiger partial charge is 0.250 e. The molecule has 2 unspecified atom stereocenters. The summed E-state index contributed by atoms with van der Waals surface area (Å²) in [5.74, 6) is 1.23. The Morgan fingerprint density at radius 3 is 2.55 bits per heavy atom. The number of hydrogen-bond donors (Lipinski definition) is 2. The molecular weight excluding hydrogens is 390 g/mol. The molecule has 31 heavy (non-hydrogen) atoms. The van der Waals surface area contributed by atoms with Gasteiger partial charge in [0, 0.05) is 31.1 Å². The second kappa shape index (κ2) is 8.21. The highest BCUT2D eigenvalue weighted by molar-refractivity contribution is 5.83. The molecule has 0 radical (unpaired) electrons. The lowest BCUT2D eigenvalue weighted by molar-refractivity contribution is -0.151. The van der Waals surface area contributed by atoms with E-state index < -0.39 is 6.10 Å². The highest BCUT2D eigenvalue weighted by atomic mass is 16.5. The summed E-state index contributed by atoms with van der Waals surface area (Å²) in [6, 6.07) is 8.71. The van der Waals surface area contributed by atoms with Gasteiger partial charge in [0.25, 0.3) is 5.91 Å². The molecule has 1 aromatic rings. The molecule has 5 aliphatic rings. The molecule has 6 heteroatoms. The van der Waals surface area contributed by atoms with Crippen LogP contribution < -0.4 is 11.1 Å². The average Bonchev–Trinajstić information content (AvgIpc) is 2.76. The van der Waals surface area contributed by atoms with Gasteiger partial charge in [-0.05, 0) is 67.4 Å². The molecule has 6 rings (SSSR count). The lowest BCUT2D eigenvalue weighted by Crippen LogP contribution is -2.63. The summed E-state index contributed by atoms with van der Waals surface area (Å²) < 4.78 is 5.89. The zero-order valence-electron chi connectivity index (χ0n) is 18.5. The van der Waals surface area contributed by atoms with E-state index in [1.807, 2.05) is 0 Å². The number of carbonyl (C=O) groups excluding carboxylic acids is 2. The molecule has 168 valence electrons. The minimum atomic E-state index is -0.426. The van der Waals surface area contributed by atoms with Gasteiger partial charge in [0.1, 0.15) is 6.10 Å². The predicted octanol–water partition coefficient (Wildman–Crippen LogP) is 2.25. The molecular formula is C25H35N3O3. The van der Waals surface area contributed by atoms with Crippen molar-refractivity contribution in [2.45, 2.75) is 64.1 Å². The number of ether oxygens (including phenoxy) is 1. The van der Waals surface area contributed by atoms with E-state index in [0.717, 1.165) is 51.6 Å². The number of hydrogen-bond acceptors (Lipinski definition) is 4. The first kappa shape index (κ1) is 21.0. The molecule has 1 aliphatic heterocycles. The van der Waals surface area contributed by atoms with E-state index in [0.29, 0.717) is 30.9 Å². The van der Waals surface area contributed by atoms with Crippen LogP contribution in [0.15, 0.2) is 24.3 Å². The van der Waals surface area contributed by atoms with Gasteiger partial charge >= 0.3 is 0 Å². The first-order chi connectivity index (χ1) is 15.0. The summed E-state index contributed by atoms with van der Waals surface area (Å²) >= 11 is 0. The second-order valence-electron chi connectivity index (χ2n) is 10.4. The molecule has 4 aliphatic carbocycles. The maximum atomic E-state index is 13.2. The maximum Gasteiger partial charge on any atom is 0.250 e. The number of aryl methyl sites for hydroxylation is 1. The zero-order valence-corrected chi connectivity index (χ0v) is 18.5. The van der Waals surface area contributed by atoms with Crippen molar-refractivity contribution in [2.24, 2.45) is 28.9 Å². The van der Waals surface area contributed by atoms with Crippen molar-refractivity contribution in [1.29, 1.82) is 0 Å². The fourth-order valence-electron chi connectivity index (χ4n) is 7.12. The molecule has 1 aromatic carbocycles. The summed E-state index contributed by atoms with van der Waals surface area (Å²) in [5.41, 5.74) is 8.19. The fourth-order valence-corrected chi connectivity index (χ4v) is 7.12. The van der Waals surface area contributed by atoms with Crippen molar-refractivity contribution in [2.75, 3.05) is 19.7 Å². The Morgan fingerprint density at radius 1 is 1.16 bits per heavy atom. The zero-order chi connectivity index (χ0) is 21.6. The van der Waals surface area contributed by atoms with Crippen LogP contribution >= 0.6 is 0 Å². The third kappa shape index (κ3) is 3.89. The predicted molar refractivity (Wildman–Crippen MR) is 118 cm³/mol. The molecule has 1 saturated heterocycles. The van der Waals surface area contributed by atoms with Crippen LogP contribution in [0.5, 0.6) is 0 Å². The van der Waals surface area contributed by atoms with Crippen molar-refractivity contribution in [3.63, 3.8) is 0 Å². The van der Waals surface area contributed by atoms with E-state index in [9.17, 15) is 9.59 Å². The largest absolute Gasteiger partial charge is 0.369 e. The normalized spacial score (nSPS) is 37.0. The topological polar surface area (TPSA) is 84.7 Å². The minimum absolute atomic E-state index is 0.0130. The van der Waals surface area contributed by atoms with Gasteiger partial charge in [0.2, 0.25) is 5.91 Å². The number of morpholine rings is 1. The average molecular weight is 426 g/mol. The molecule has 4 saturated carbocycles. The molecule has 0 aromatic heterocycles. The van der Waals surface area contributed by atoms with E-state index in [1.54, 1.807) is 0 Å². The van der Waals surface area contributed by atoms with Gasteiger partial charge in [-0.2, -0.15) is 0 Å². The van der Waals surface area contributed by atoms with Crippen LogP contribution in [0.25, 0.3) is 0 Å². The fraction of sp³-hybridized carbons (Fsp3) is 0.680. The number of benzene rings is 1. The lowest BCUT2D eigenvalue weighted by Gasteiger charge is -2.59. The van der Waals surface area contributed by atoms with Gasteiger partial charge in [0.15, 0.2) is 0 Å². The van der Waals surface area contributed by atoms with Gasteiger partial charge in [-0.3, -0.25) is 14.5 Å². The van der Waals surface area contributed by atoms with Crippen LogP contribution in [0, 0.1) is 23.2 Å². The standard InChI is InChI=1S/C25H35N3O3/c1-2-17-5-3-4-6-18(17)14-28-7-8-31-21(15-28)23(29)27-22-19-9-16-10-20(22)13-25(11-16,12-19)24(26)30/h3-6,16,19-22H,2,7-15H2,1H3,(H2,26,30)(H,27,29)/t16?,19?,20?,21-,22?,25?/m1/s1. The Balaban J connectivity index is 1.22. The van der Waals surface area contributed by atoms with Crippen LogP contribution in [0.3, 0.4) is 0 Å². The van der Waals surface area contributed by atoms with Gasteiger partial charge in [-0.1, -0.05) is 31.2 Å². The van der Waals surface area contributed by atoms with Crippen molar-refractivity contribution >= 4 is 11.8 Å². The Hall–Kier alpha value is -1.92. The summed E-state index contributed by atoms with van der Waals surface area (Å²) in [6.07, 6.45) is 5.45. The number of primary amides is 1. The van der Waals surface area contributed by atoms with Gasteiger partial charge in [-0.15, -0.1) is 0 Å². The van der Waals surface area contributed by atoms with E-state index >= 15 is 0 Å². The van der Waals surface area contributed by atoms with E-state index in [4.69, 9.17) is 10.5 Å². The molecule has 3 N–H and O–H groups in total. The molecule has 3 atom stereocenters. The second-order valence-corrected chi connectivity index (χ2v) is 10.4. The Kier molecular flexibility index (Phi) is 5.55. The van der Waals surface area contributed by atoms with Gasteiger partial charge in [-0.25, -0.2) is 0 Å². The quantitative estimate of drug-likeness (QED) is 0.732. The van der Waals surface area contributed by atoms with E-state index in [2.05, 4.69) is 41.4 Å². The Bertz CT molecular complexity index is 840. The SMILES string of the molecule is CCc1ccccc1CN1CCO[C@@H](C(=O)NC2C3CC4CC2CC(C(N)=O)(C4)C3)C1. The summed E-state index contributed by atoms with van der Waals surface area (Å²) in [5, 5.41) is 3.35. The minimum Gasteiger partial charge on any atom is -0.369 e. The van der Waals surface area contributed by atoms with Crippen molar-refractivity contribution in [1.82, 2.24) is 10.2 Å². The molecule has 0 spiro atoms. The molecule has 5 fully saturated rings. The van der Waals surface area contributed by atoms with Gasteiger partial charge in [0.05, 0.1) is 6.61 Å². The maximum absolute atomic E-state index is 13.2.